The fourth-order valence-corrected chi connectivity index (χ4v) is 3.36. The number of ether oxygens (including phenoxy) is 1. The van der Waals surface area contributed by atoms with Crippen LogP contribution in [0.25, 0.3) is 0 Å². The van der Waals surface area contributed by atoms with Gasteiger partial charge < -0.3 is 20.9 Å². The van der Waals surface area contributed by atoms with Crippen molar-refractivity contribution in [3.8, 4) is 0 Å². The Bertz CT molecular complexity index is 622. The Morgan fingerprint density at radius 1 is 1.43 bits per heavy atom. The molecule has 0 spiro atoms. The van der Waals surface area contributed by atoms with Crippen molar-refractivity contribution >= 4 is 24.9 Å². The molecule has 1 saturated heterocycles. The topological polar surface area (TPSA) is 133 Å². The van der Waals surface area contributed by atoms with Gasteiger partial charge in [0.05, 0.1) is 0 Å². The fourth-order valence-electron chi connectivity index (χ4n) is 3.36. The van der Waals surface area contributed by atoms with E-state index in [1.54, 1.807) is 7.05 Å². The van der Waals surface area contributed by atoms with Crippen molar-refractivity contribution in [3.05, 3.63) is 11.5 Å². The van der Waals surface area contributed by atoms with Gasteiger partial charge in [-0.05, 0) is 38.9 Å². The predicted octanol–water partition coefficient (Wildman–Crippen LogP) is 0.995. The number of carboxylic acids is 1. The summed E-state index contributed by atoms with van der Waals surface area (Å²) in [5.41, 5.74) is 6.44. The number of carboxylic acid groups (broad SMARTS) is 1. The molecule has 1 rings (SSSR count). The molecule has 1 fully saturated rings. The maximum absolute atomic E-state index is 11.7. The van der Waals surface area contributed by atoms with Gasteiger partial charge in [-0.3, -0.25) is 19.4 Å². The number of carbonyl (C=O) groups excluding carboxylic acids is 1. The van der Waals surface area contributed by atoms with Crippen LogP contribution in [0.4, 0.5) is 0 Å². The molecule has 30 heavy (non-hydrogen) atoms. The molecule has 10 heteroatoms. The predicted molar refractivity (Wildman–Crippen MR) is 117 cm³/mol. The summed E-state index contributed by atoms with van der Waals surface area (Å²) < 4.78 is 5.40. The minimum atomic E-state index is -0.794. The summed E-state index contributed by atoms with van der Waals surface area (Å²) in [6, 6.07) is -0.459. The highest BCUT2D eigenvalue weighted by molar-refractivity contribution is 5.97. The molecular weight excluding hydrogens is 388 g/mol. The van der Waals surface area contributed by atoms with Crippen LogP contribution in [0.5, 0.6) is 0 Å². The summed E-state index contributed by atoms with van der Waals surface area (Å²) in [4.78, 5) is 34.6. The van der Waals surface area contributed by atoms with E-state index in [1.807, 2.05) is 4.90 Å². The number of nitrogens with one attached hydrogen (secondary N) is 1. The molecule has 0 radical (unpaired) electrons. The number of amides is 1. The molecule has 0 bridgehead atoms. The number of carbonyl (C=O) groups is 2. The molecule has 0 aromatic rings. The van der Waals surface area contributed by atoms with Gasteiger partial charge in [0.2, 0.25) is 6.41 Å². The van der Waals surface area contributed by atoms with E-state index in [0.717, 1.165) is 32.2 Å². The van der Waals surface area contributed by atoms with Gasteiger partial charge in [0.15, 0.2) is 5.82 Å². The van der Waals surface area contributed by atoms with Crippen molar-refractivity contribution in [1.29, 1.82) is 0 Å². The maximum Gasteiger partial charge on any atom is 0.320 e. The number of hydrogen-bond donors (Lipinski definition) is 3. The van der Waals surface area contributed by atoms with Crippen LogP contribution in [0.15, 0.2) is 21.5 Å². The van der Waals surface area contributed by atoms with E-state index in [-0.39, 0.29) is 18.4 Å². The Labute approximate surface area is 178 Å². The first-order valence-corrected chi connectivity index (χ1v) is 10.5. The number of hydrogen-bond acceptors (Lipinski definition) is 7. The third kappa shape index (κ3) is 8.11. The molecule has 4 N–H and O–H groups in total. The second-order valence-corrected chi connectivity index (χ2v) is 7.08. The Balaban J connectivity index is 2.77. The van der Waals surface area contributed by atoms with Crippen LogP contribution >= 0.6 is 0 Å². The molecule has 170 valence electrons. The largest absolute Gasteiger partial charge is 0.480 e. The van der Waals surface area contributed by atoms with Gasteiger partial charge >= 0.3 is 5.97 Å². The Morgan fingerprint density at radius 2 is 2.20 bits per heavy atom. The van der Waals surface area contributed by atoms with Crippen LogP contribution in [0.3, 0.4) is 0 Å². The smallest absolute Gasteiger partial charge is 0.320 e. The Kier molecular flexibility index (Phi) is 12.4. The van der Waals surface area contributed by atoms with Crippen molar-refractivity contribution in [3.63, 3.8) is 0 Å². The van der Waals surface area contributed by atoms with Gasteiger partial charge in [-0.2, -0.15) is 0 Å². The van der Waals surface area contributed by atoms with Crippen LogP contribution in [-0.2, 0) is 14.3 Å². The van der Waals surface area contributed by atoms with Crippen molar-refractivity contribution < 1.29 is 19.4 Å². The van der Waals surface area contributed by atoms with Gasteiger partial charge in [-0.1, -0.05) is 19.8 Å². The third-order valence-electron chi connectivity index (χ3n) is 4.99. The van der Waals surface area contributed by atoms with Gasteiger partial charge in [0.1, 0.15) is 24.3 Å². The molecule has 1 aliphatic rings. The molecular formula is C20H36N6O4. The second kappa shape index (κ2) is 14.5. The van der Waals surface area contributed by atoms with E-state index < -0.39 is 12.0 Å². The lowest BCUT2D eigenvalue weighted by Gasteiger charge is -2.33. The summed E-state index contributed by atoms with van der Waals surface area (Å²) in [5.74, 6) is -0.348. The number of amidine groups is 1. The molecule has 0 aromatic heterocycles. The van der Waals surface area contributed by atoms with E-state index in [1.165, 1.54) is 4.90 Å². The normalized spacial score (nSPS) is 18.5. The molecule has 1 heterocycles. The van der Waals surface area contributed by atoms with Crippen LogP contribution in [0, 0.1) is 0 Å². The molecule has 0 aromatic carbocycles. The average molecular weight is 425 g/mol. The average Bonchev–Trinajstić information content (AvgIpc) is 2.75. The van der Waals surface area contributed by atoms with E-state index in [0.29, 0.717) is 44.6 Å². The first-order valence-electron chi connectivity index (χ1n) is 10.5. The lowest BCUT2D eigenvalue weighted by atomic mass is 10.0. The van der Waals surface area contributed by atoms with E-state index >= 15 is 0 Å². The molecule has 1 atom stereocenters. The zero-order chi connectivity index (χ0) is 22.4. The summed E-state index contributed by atoms with van der Waals surface area (Å²) in [6.07, 6.45) is 5.80. The van der Waals surface area contributed by atoms with Gasteiger partial charge in [0, 0.05) is 26.7 Å². The van der Waals surface area contributed by atoms with Gasteiger partial charge in [-0.15, -0.1) is 0 Å². The van der Waals surface area contributed by atoms with Crippen LogP contribution in [-0.4, -0.2) is 85.9 Å². The number of nitrogens with zero attached hydrogens (tertiary/aromatic N) is 4. The number of aliphatic imine (C=N–C) groups is 2. The van der Waals surface area contributed by atoms with E-state index in [4.69, 9.17) is 10.5 Å². The monoisotopic (exact) mass is 424 g/mol. The van der Waals surface area contributed by atoms with Crippen molar-refractivity contribution in [2.75, 3.05) is 40.0 Å². The lowest BCUT2D eigenvalue weighted by molar-refractivity contribution is -0.144. The summed E-state index contributed by atoms with van der Waals surface area (Å²) in [6.45, 7) is 8.04. The van der Waals surface area contributed by atoms with Crippen LogP contribution < -0.4 is 11.1 Å². The fraction of sp³-hybridized carbons (Fsp3) is 0.700. The highest BCUT2D eigenvalue weighted by Crippen LogP contribution is 2.18. The number of likely N-dealkylation sites (N-methyl/N-ethyl adjacent to an activating group) is 1. The van der Waals surface area contributed by atoms with E-state index in [9.17, 15) is 14.7 Å². The number of likely N-dealkylation sites (tertiary alicyclic amines) is 1. The molecule has 10 nitrogen and oxygen atoms in total. The Hall–Kier alpha value is -2.46. The number of rotatable bonds is 15. The first-order chi connectivity index (χ1) is 14.5. The van der Waals surface area contributed by atoms with Crippen molar-refractivity contribution in [2.45, 2.75) is 51.5 Å². The summed E-state index contributed by atoms with van der Waals surface area (Å²) in [7, 11) is 1.66. The molecule has 1 aliphatic heterocycles. The number of aliphatic carboxylic acids is 1. The van der Waals surface area contributed by atoms with E-state index in [2.05, 4.69) is 28.9 Å². The summed E-state index contributed by atoms with van der Waals surface area (Å²) >= 11 is 0. The Morgan fingerprint density at radius 3 is 2.80 bits per heavy atom. The molecule has 1 unspecified atom stereocenters. The zero-order valence-electron chi connectivity index (χ0n) is 18.2. The maximum atomic E-state index is 11.7. The summed E-state index contributed by atoms with van der Waals surface area (Å²) in [5, 5.41) is 12.3. The lowest BCUT2D eigenvalue weighted by Crippen LogP contribution is -2.45. The highest BCUT2D eigenvalue weighted by Gasteiger charge is 2.28. The quantitative estimate of drug-likeness (QED) is 0.155. The molecule has 0 aliphatic carbocycles. The minimum absolute atomic E-state index is 0.119. The van der Waals surface area contributed by atoms with Crippen molar-refractivity contribution in [1.82, 2.24) is 15.1 Å². The number of piperidine rings is 1. The van der Waals surface area contributed by atoms with Crippen LogP contribution in [0.1, 0.15) is 45.4 Å². The van der Waals surface area contributed by atoms with Crippen molar-refractivity contribution in [2.24, 2.45) is 15.7 Å². The SMILES string of the molecule is C=N/C(=C(NC)\C(N)=N/COCCCC)N(C=O)CCCN1CCCCC1C(=O)O. The first kappa shape index (κ1) is 25.6. The van der Waals surface area contributed by atoms with Gasteiger partial charge in [-0.25, -0.2) is 9.98 Å². The zero-order valence-corrected chi connectivity index (χ0v) is 18.2. The second-order valence-electron chi connectivity index (χ2n) is 7.08. The number of nitrogens with two attached hydrogens (primary N) is 1. The molecule has 1 amide bonds. The third-order valence-corrected chi connectivity index (χ3v) is 4.99. The van der Waals surface area contributed by atoms with Crippen LogP contribution in [0.2, 0.25) is 0 Å². The number of unbranched alkanes of at least 4 members (excludes halogenated alkanes) is 1. The highest BCUT2D eigenvalue weighted by atomic mass is 16.5. The minimum Gasteiger partial charge on any atom is -0.480 e. The molecule has 0 saturated carbocycles. The standard InChI is InChI=1S/C20H36N6O4/c1-4-5-13-30-14-24-18(21)17(22-2)19(23-3)26(15-27)12-8-11-25-10-7-6-9-16(25)20(28)29/h15-16,22H,3-14H2,1-2H3,(H2,21,24)(H,28,29)/b19-17-. The van der Waals surface area contributed by atoms with Gasteiger partial charge in [0.25, 0.3) is 0 Å².